The topological polar surface area (TPSA) is 20.2 Å². The van der Waals surface area contributed by atoms with Gasteiger partial charge in [0.15, 0.2) is 0 Å². The van der Waals surface area contributed by atoms with Crippen LogP contribution in [0.15, 0.2) is 24.3 Å². The van der Waals surface area contributed by atoms with Gasteiger partial charge >= 0.3 is 0 Å². The zero-order chi connectivity index (χ0) is 12.5. The zero-order valence-electron chi connectivity index (χ0n) is 10.6. The average Bonchev–Trinajstić information content (AvgIpc) is 2.61. The first-order chi connectivity index (χ1) is 8.00. The summed E-state index contributed by atoms with van der Waals surface area (Å²) in [5.41, 5.74) is 1.32. The molecule has 0 radical (unpaired) electrons. The molecule has 1 nitrogen and oxygen atoms in total. The Morgan fingerprint density at radius 3 is 2.71 bits per heavy atom. The van der Waals surface area contributed by atoms with Crippen molar-refractivity contribution in [2.45, 2.75) is 45.6 Å². The molecule has 0 heterocycles. The van der Waals surface area contributed by atoms with E-state index in [4.69, 9.17) is 11.6 Å². The fourth-order valence-corrected chi connectivity index (χ4v) is 3.31. The van der Waals surface area contributed by atoms with Gasteiger partial charge in [-0.15, -0.1) is 0 Å². The van der Waals surface area contributed by atoms with Crippen LogP contribution in [-0.4, -0.2) is 11.2 Å². The van der Waals surface area contributed by atoms with Crippen LogP contribution in [0.1, 0.15) is 38.7 Å². The van der Waals surface area contributed by atoms with E-state index in [0.717, 1.165) is 17.0 Å². The molecule has 2 rings (SSSR count). The molecule has 0 bridgehead atoms. The number of rotatable bonds is 3. The second kappa shape index (κ2) is 4.99. The maximum Gasteiger partial charge on any atom is 0.0614 e. The molecule has 0 spiro atoms. The number of aliphatic hydroxyl groups excluding tert-OH is 1. The van der Waals surface area contributed by atoms with E-state index in [9.17, 15) is 5.11 Å². The van der Waals surface area contributed by atoms with Gasteiger partial charge in [0.25, 0.3) is 0 Å². The average molecular weight is 253 g/mol. The van der Waals surface area contributed by atoms with Crippen molar-refractivity contribution < 1.29 is 5.11 Å². The fraction of sp³-hybridized carbons (Fsp3) is 0.600. The molecule has 2 atom stereocenters. The second-order valence-electron chi connectivity index (χ2n) is 5.85. The molecule has 1 N–H and O–H groups in total. The molecule has 0 aliphatic heterocycles. The third kappa shape index (κ3) is 2.83. The van der Waals surface area contributed by atoms with Crippen LogP contribution >= 0.6 is 11.6 Å². The second-order valence-corrected chi connectivity index (χ2v) is 6.26. The lowest BCUT2D eigenvalue weighted by atomic mass is 9.77. The van der Waals surface area contributed by atoms with Gasteiger partial charge in [0.05, 0.1) is 6.10 Å². The SMILES string of the molecule is CC1(C)CCCC1C(O)Cc1ccccc1Cl. The van der Waals surface area contributed by atoms with Crippen LogP contribution in [0.5, 0.6) is 0 Å². The maximum atomic E-state index is 10.4. The van der Waals surface area contributed by atoms with Crippen LogP contribution in [0.4, 0.5) is 0 Å². The molecule has 2 heteroatoms. The van der Waals surface area contributed by atoms with Gasteiger partial charge in [-0.25, -0.2) is 0 Å². The van der Waals surface area contributed by atoms with E-state index in [1.807, 2.05) is 24.3 Å². The quantitative estimate of drug-likeness (QED) is 0.860. The van der Waals surface area contributed by atoms with E-state index in [1.54, 1.807) is 0 Å². The van der Waals surface area contributed by atoms with E-state index >= 15 is 0 Å². The molecule has 2 unspecified atom stereocenters. The molecular formula is C15H21ClO. The van der Waals surface area contributed by atoms with Crippen LogP contribution in [0, 0.1) is 11.3 Å². The number of benzene rings is 1. The van der Waals surface area contributed by atoms with Gasteiger partial charge in [0.1, 0.15) is 0 Å². The minimum Gasteiger partial charge on any atom is -0.392 e. The standard InChI is InChI=1S/C15H21ClO/c1-15(2)9-5-7-12(15)14(17)10-11-6-3-4-8-13(11)16/h3-4,6,8,12,14,17H,5,7,9-10H2,1-2H3. The molecule has 1 aromatic carbocycles. The highest BCUT2D eigenvalue weighted by atomic mass is 35.5. The Labute approximate surface area is 109 Å². The normalized spacial score (nSPS) is 24.8. The van der Waals surface area contributed by atoms with E-state index in [-0.39, 0.29) is 11.5 Å². The number of hydrogen-bond acceptors (Lipinski definition) is 1. The van der Waals surface area contributed by atoms with E-state index < -0.39 is 0 Å². The molecule has 0 aromatic heterocycles. The van der Waals surface area contributed by atoms with E-state index in [2.05, 4.69) is 13.8 Å². The molecule has 94 valence electrons. The van der Waals surface area contributed by atoms with Crippen LogP contribution < -0.4 is 0 Å². The Balaban J connectivity index is 2.07. The first-order valence-corrected chi connectivity index (χ1v) is 6.80. The van der Waals surface area contributed by atoms with Crippen molar-refractivity contribution in [3.8, 4) is 0 Å². The molecule has 0 saturated heterocycles. The molecule has 17 heavy (non-hydrogen) atoms. The minimum atomic E-state index is -0.271. The smallest absolute Gasteiger partial charge is 0.0614 e. The summed E-state index contributed by atoms with van der Waals surface area (Å²) < 4.78 is 0. The predicted molar refractivity (Wildman–Crippen MR) is 72.3 cm³/mol. The summed E-state index contributed by atoms with van der Waals surface area (Å²) in [7, 11) is 0. The molecule has 1 saturated carbocycles. The third-order valence-electron chi connectivity index (χ3n) is 4.19. The summed E-state index contributed by atoms with van der Waals surface area (Å²) >= 11 is 6.13. The van der Waals surface area contributed by atoms with Gasteiger partial charge in [0.2, 0.25) is 0 Å². The van der Waals surface area contributed by atoms with Gasteiger partial charge in [-0.3, -0.25) is 0 Å². The summed E-state index contributed by atoms with van der Waals surface area (Å²) in [5, 5.41) is 11.2. The van der Waals surface area contributed by atoms with E-state index in [1.165, 1.54) is 12.8 Å². The van der Waals surface area contributed by atoms with Gasteiger partial charge in [-0.05, 0) is 35.8 Å². The third-order valence-corrected chi connectivity index (χ3v) is 4.56. The Bertz CT molecular complexity index is 386. The lowest BCUT2D eigenvalue weighted by Crippen LogP contribution is -2.31. The summed E-state index contributed by atoms with van der Waals surface area (Å²) in [6.07, 6.45) is 3.99. The number of aliphatic hydroxyl groups is 1. The minimum absolute atomic E-state index is 0.265. The Morgan fingerprint density at radius 2 is 2.12 bits per heavy atom. The number of hydrogen-bond donors (Lipinski definition) is 1. The molecular weight excluding hydrogens is 232 g/mol. The maximum absolute atomic E-state index is 10.4. The molecule has 1 aliphatic carbocycles. The van der Waals surface area contributed by atoms with E-state index in [0.29, 0.717) is 12.3 Å². The fourth-order valence-electron chi connectivity index (χ4n) is 3.10. The van der Waals surface area contributed by atoms with Gasteiger partial charge in [-0.1, -0.05) is 50.1 Å². The van der Waals surface area contributed by atoms with Gasteiger partial charge in [-0.2, -0.15) is 0 Å². The van der Waals surface area contributed by atoms with Crippen molar-refractivity contribution in [3.05, 3.63) is 34.9 Å². The molecule has 1 fully saturated rings. The van der Waals surface area contributed by atoms with Crippen LogP contribution in [0.25, 0.3) is 0 Å². The highest BCUT2D eigenvalue weighted by Gasteiger charge is 2.38. The van der Waals surface area contributed by atoms with Crippen LogP contribution in [-0.2, 0) is 6.42 Å². The highest BCUT2D eigenvalue weighted by molar-refractivity contribution is 6.31. The molecule has 0 amide bonds. The number of halogens is 1. The summed E-state index contributed by atoms with van der Waals surface area (Å²) in [6.45, 7) is 4.53. The van der Waals surface area contributed by atoms with Crippen molar-refractivity contribution in [3.63, 3.8) is 0 Å². The van der Waals surface area contributed by atoms with Crippen LogP contribution in [0.2, 0.25) is 5.02 Å². The Kier molecular flexibility index (Phi) is 3.79. The first-order valence-electron chi connectivity index (χ1n) is 6.42. The van der Waals surface area contributed by atoms with Crippen LogP contribution in [0.3, 0.4) is 0 Å². The highest BCUT2D eigenvalue weighted by Crippen LogP contribution is 2.45. The lowest BCUT2D eigenvalue weighted by Gasteiger charge is -2.31. The lowest BCUT2D eigenvalue weighted by molar-refractivity contribution is 0.0543. The Hall–Kier alpha value is -0.530. The predicted octanol–water partition coefficient (Wildman–Crippen LogP) is 4.07. The zero-order valence-corrected chi connectivity index (χ0v) is 11.4. The van der Waals surface area contributed by atoms with Crippen molar-refractivity contribution in [1.29, 1.82) is 0 Å². The Morgan fingerprint density at radius 1 is 1.41 bits per heavy atom. The van der Waals surface area contributed by atoms with Crippen molar-refractivity contribution in [2.24, 2.45) is 11.3 Å². The van der Waals surface area contributed by atoms with Gasteiger partial charge in [0, 0.05) is 11.4 Å². The summed E-state index contributed by atoms with van der Waals surface area (Å²) in [6, 6.07) is 7.81. The molecule has 1 aromatic rings. The van der Waals surface area contributed by atoms with Gasteiger partial charge < -0.3 is 5.11 Å². The summed E-state index contributed by atoms with van der Waals surface area (Å²) in [5.74, 6) is 0.402. The van der Waals surface area contributed by atoms with Crippen molar-refractivity contribution in [2.75, 3.05) is 0 Å². The molecule has 1 aliphatic rings. The monoisotopic (exact) mass is 252 g/mol. The summed E-state index contributed by atoms with van der Waals surface area (Å²) in [4.78, 5) is 0. The largest absolute Gasteiger partial charge is 0.392 e. The van der Waals surface area contributed by atoms with Crippen molar-refractivity contribution in [1.82, 2.24) is 0 Å². The van der Waals surface area contributed by atoms with Crippen molar-refractivity contribution >= 4 is 11.6 Å². The first kappa shape index (κ1) is 12.9.